The molecule has 332 valence electrons. The molecule has 2 heterocycles. The van der Waals surface area contributed by atoms with E-state index < -0.39 is 0 Å². The highest BCUT2D eigenvalue weighted by Crippen LogP contribution is 2.62. The van der Waals surface area contributed by atoms with Crippen LogP contribution in [0.4, 0.5) is 0 Å². The van der Waals surface area contributed by atoms with Gasteiger partial charge in [-0.3, -0.25) is 18.8 Å². The topological polar surface area (TPSA) is 72.4 Å². The fourth-order valence-corrected chi connectivity index (χ4v) is 14.5. The van der Waals surface area contributed by atoms with Gasteiger partial charge in [0.25, 0.3) is 5.56 Å². The Morgan fingerprint density at radius 3 is 1.64 bits per heavy atom. The molecule has 8 nitrogen and oxygen atoms in total. The number of aromatic nitrogens is 4. The number of hydrogen-bond donors (Lipinski definition) is 0. The van der Waals surface area contributed by atoms with Gasteiger partial charge in [0.05, 0.1) is 12.8 Å². The van der Waals surface area contributed by atoms with Crippen LogP contribution < -0.4 is 19.8 Å². The number of ether oxygens (including phenoxy) is 3. The summed E-state index contributed by atoms with van der Waals surface area (Å²) >= 11 is 0. The van der Waals surface area contributed by atoms with Crippen molar-refractivity contribution in [2.75, 3.05) is 7.11 Å². The molecule has 0 bridgehead atoms. The van der Waals surface area contributed by atoms with Crippen molar-refractivity contribution in [3.8, 4) is 17.4 Å². The van der Waals surface area contributed by atoms with Crippen molar-refractivity contribution in [3.05, 3.63) is 163 Å². The predicted octanol–water partition coefficient (Wildman–Crippen LogP) is 10.5. The maximum Gasteiger partial charge on any atom is 0.269 e. The second-order valence-corrected chi connectivity index (χ2v) is 20.6. The summed E-state index contributed by atoms with van der Waals surface area (Å²) in [6.07, 6.45) is 11.6. The number of fused-ring (bicyclic) bond motifs is 14. The average molecular weight is 857 g/mol. The van der Waals surface area contributed by atoms with E-state index >= 15 is 0 Å². The van der Waals surface area contributed by atoms with Crippen LogP contribution in [0.3, 0.4) is 0 Å². The number of methoxy groups -OCH3 is 1. The highest BCUT2D eigenvalue weighted by molar-refractivity contribution is 5.47. The van der Waals surface area contributed by atoms with Gasteiger partial charge in [0.15, 0.2) is 0 Å². The highest BCUT2D eigenvalue weighted by atomic mass is 16.5. The van der Waals surface area contributed by atoms with Crippen LogP contribution in [-0.2, 0) is 70.9 Å². The Labute approximate surface area is 378 Å². The first-order valence-electron chi connectivity index (χ1n) is 24.0. The lowest BCUT2D eigenvalue weighted by atomic mass is 9.55. The lowest BCUT2D eigenvalue weighted by Gasteiger charge is -2.49. The van der Waals surface area contributed by atoms with Crippen LogP contribution in [0.15, 0.2) is 102 Å². The van der Waals surface area contributed by atoms with Gasteiger partial charge >= 0.3 is 0 Å². The largest absolute Gasteiger partial charge is 0.489 e. The molecule has 8 heteroatoms. The van der Waals surface area contributed by atoms with Gasteiger partial charge < -0.3 is 14.2 Å². The van der Waals surface area contributed by atoms with E-state index in [-0.39, 0.29) is 16.4 Å². The van der Waals surface area contributed by atoms with Crippen molar-refractivity contribution in [3.63, 3.8) is 0 Å². The zero-order valence-corrected chi connectivity index (χ0v) is 38.6. The lowest BCUT2D eigenvalue weighted by Crippen LogP contribution is -2.44. The molecule has 6 aliphatic rings. The Balaban J connectivity index is 0.000000143. The van der Waals surface area contributed by atoms with Crippen molar-refractivity contribution in [2.45, 2.75) is 114 Å². The molecular formula is C56H64N4O4. The number of nitrogens with zero attached hydrogens (tertiary/aromatic N) is 4. The van der Waals surface area contributed by atoms with E-state index in [2.05, 4.69) is 127 Å². The third-order valence-electron chi connectivity index (χ3n) is 17.5. The lowest BCUT2D eigenvalue weighted by molar-refractivity contribution is 0.0992. The summed E-state index contributed by atoms with van der Waals surface area (Å²) in [5.74, 6) is 6.73. The standard InChI is InChI=1S/2C28H32N2O2/c1-28-14-13-22-21-12-10-20(32-17-18-7-5-4-6-8-18)15-19(21)9-11-23(22)25(28)16-24-26(28)30(2)29-27(24)31-3;1-28-14-13-22-21-12-10-20(32-17-18-7-5-4-6-8-18)15-19(21)9-11-23(22)25(28)16-24-26(28)29(2)30(3)27(24)31/h2*4-8,10,12,15,22-23,25H,9,11,13-14,16-17H2,1-3H3/t2*22?,23?,25?,28-/m00/s1. The van der Waals surface area contributed by atoms with Crippen molar-refractivity contribution in [1.82, 2.24) is 19.1 Å². The molecule has 64 heavy (non-hydrogen) atoms. The monoisotopic (exact) mass is 856 g/mol. The fourth-order valence-electron chi connectivity index (χ4n) is 14.5. The Morgan fingerprint density at radius 1 is 0.625 bits per heavy atom. The van der Waals surface area contributed by atoms with Gasteiger partial charge in [-0.05, 0) is 157 Å². The van der Waals surface area contributed by atoms with Gasteiger partial charge in [-0.1, -0.05) is 86.6 Å². The molecular weight excluding hydrogens is 793 g/mol. The first-order chi connectivity index (χ1) is 31.1. The van der Waals surface area contributed by atoms with Crippen LogP contribution in [-0.4, -0.2) is 26.3 Å². The molecule has 0 saturated heterocycles. The zero-order valence-electron chi connectivity index (χ0n) is 38.6. The average Bonchev–Trinajstić information content (AvgIpc) is 4.01. The van der Waals surface area contributed by atoms with Gasteiger partial charge in [-0.2, -0.15) is 0 Å². The molecule has 2 aromatic heterocycles. The molecule has 0 radical (unpaired) electrons. The first-order valence-corrected chi connectivity index (χ1v) is 24.0. The maximum atomic E-state index is 12.9. The normalized spacial score (nSPS) is 27.8. The summed E-state index contributed by atoms with van der Waals surface area (Å²) in [4.78, 5) is 12.9. The van der Waals surface area contributed by atoms with Crippen molar-refractivity contribution < 1.29 is 14.2 Å². The molecule has 2 saturated carbocycles. The minimum absolute atomic E-state index is 0.127. The summed E-state index contributed by atoms with van der Waals surface area (Å²) in [5.41, 5.74) is 14.2. The molecule has 6 aliphatic carbocycles. The van der Waals surface area contributed by atoms with E-state index in [1.807, 2.05) is 19.2 Å². The Hall–Kier alpha value is -5.50. The minimum atomic E-state index is 0.127. The van der Waals surface area contributed by atoms with Crippen molar-refractivity contribution in [2.24, 2.45) is 44.8 Å². The smallest absolute Gasteiger partial charge is 0.269 e. The third kappa shape index (κ3) is 6.59. The second-order valence-electron chi connectivity index (χ2n) is 20.6. The molecule has 6 aromatic rings. The van der Waals surface area contributed by atoms with E-state index in [9.17, 15) is 4.79 Å². The number of hydrogen-bond acceptors (Lipinski definition) is 5. The van der Waals surface area contributed by atoms with Crippen molar-refractivity contribution in [1.29, 1.82) is 0 Å². The number of benzene rings is 4. The fraction of sp³-hybridized carbons (Fsp3) is 0.464. The van der Waals surface area contributed by atoms with Gasteiger partial charge in [-0.15, -0.1) is 5.10 Å². The summed E-state index contributed by atoms with van der Waals surface area (Å²) in [5, 5.41) is 4.66. The van der Waals surface area contributed by atoms with Gasteiger partial charge in [0.1, 0.15) is 24.7 Å². The third-order valence-corrected chi connectivity index (χ3v) is 17.5. The van der Waals surface area contributed by atoms with Gasteiger partial charge in [-0.25, -0.2) is 0 Å². The Morgan fingerprint density at radius 2 is 1.12 bits per heavy atom. The van der Waals surface area contributed by atoms with Crippen LogP contribution >= 0.6 is 0 Å². The highest BCUT2D eigenvalue weighted by Gasteiger charge is 2.57. The number of aryl methyl sites for hydroxylation is 3. The zero-order chi connectivity index (χ0) is 43.9. The molecule has 8 atom stereocenters. The molecule has 0 amide bonds. The molecule has 12 rings (SSSR count). The molecule has 6 unspecified atom stereocenters. The van der Waals surface area contributed by atoms with Crippen LogP contribution in [0.1, 0.15) is 120 Å². The Bertz CT molecular complexity index is 2770. The quantitative estimate of drug-likeness (QED) is 0.160. The van der Waals surface area contributed by atoms with Crippen LogP contribution in [0.25, 0.3) is 0 Å². The SMILES string of the molecule is COc1nn(C)c2c1CC1C3CCc4cc(OCc5ccccc5)ccc4C3CC[C@]21C.Cn1c2c(c(=O)n1C)CC1C3CCc4cc(OCc5ccccc5)ccc4C3CC[C@]21C. The molecule has 4 aromatic carbocycles. The van der Waals surface area contributed by atoms with Crippen molar-refractivity contribution >= 4 is 0 Å². The van der Waals surface area contributed by atoms with Gasteiger partial charge in [0.2, 0.25) is 5.88 Å². The van der Waals surface area contributed by atoms with E-state index in [1.165, 1.54) is 76.9 Å². The summed E-state index contributed by atoms with van der Waals surface area (Å²) in [6, 6.07) is 34.4. The minimum Gasteiger partial charge on any atom is -0.489 e. The maximum absolute atomic E-state index is 12.9. The van der Waals surface area contributed by atoms with Crippen LogP contribution in [0.2, 0.25) is 0 Å². The molecule has 0 spiro atoms. The second kappa shape index (κ2) is 15.9. The molecule has 0 aliphatic heterocycles. The van der Waals surface area contributed by atoms with Crippen LogP contribution in [0, 0.1) is 23.7 Å². The van der Waals surface area contributed by atoms with Gasteiger partial charge in [0, 0.05) is 48.8 Å². The van der Waals surface area contributed by atoms with E-state index in [0.29, 0.717) is 42.8 Å². The molecule has 0 N–H and O–H groups in total. The van der Waals surface area contributed by atoms with E-state index in [4.69, 9.17) is 14.2 Å². The van der Waals surface area contributed by atoms with E-state index in [1.54, 1.807) is 17.4 Å². The molecule has 2 fully saturated rings. The Kier molecular flexibility index (Phi) is 10.2. The number of rotatable bonds is 7. The summed E-state index contributed by atoms with van der Waals surface area (Å²) in [6.45, 7) is 6.14. The van der Waals surface area contributed by atoms with Crippen LogP contribution in [0.5, 0.6) is 17.4 Å². The first kappa shape index (κ1) is 41.2. The summed E-state index contributed by atoms with van der Waals surface area (Å²) in [7, 11) is 7.81. The van der Waals surface area contributed by atoms with E-state index in [0.717, 1.165) is 61.0 Å². The summed E-state index contributed by atoms with van der Waals surface area (Å²) < 4.78 is 23.9. The predicted molar refractivity (Wildman–Crippen MR) is 252 cm³/mol.